The summed E-state index contributed by atoms with van der Waals surface area (Å²) in [4.78, 5) is 37.0. The van der Waals surface area contributed by atoms with E-state index in [0.717, 1.165) is 0 Å². The average Bonchev–Trinajstić information content (AvgIpc) is 1.97. The fourth-order valence-corrected chi connectivity index (χ4v) is 1.78. The minimum atomic E-state index is -5.07. The Bertz CT molecular complexity index is 266. The fraction of sp³-hybridized carbons (Fsp3) is 1.00. The summed E-state index contributed by atoms with van der Waals surface area (Å²) in [7, 11) is -9.63. The van der Waals surface area contributed by atoms with Crippen molar-refractivity contribution in [1.82, 2.24) is 0 Å². The zero-order valence-corrected chi connectivity index (χ0v) is 9.73. The summed E-state index contributed by atoms with van der Waals surface area (Å²) in [6, 6.07) is 0. The van der Waals surface area contributed by atoms with E-state index in [1.54, 1.807) is 6.92 Å². The normalized spacial score (nSPS) is 15.3. The van der Waals surface area contributed by atoms with Crippen LogP contribution < -0.4 is 9.79 Å². The molecule has 0 spiro atoms. The standard InChI is InChI=1S/C5H14O8P2/c1-2-5(13-15(9,10)11)3-4-12-14(6,7)8/h5H,2-4H2,1H3,(H2,6,7,8)(H2,9,10,11)/p-2. The lowest BCUT2D eigenvalue weighted by molar-refractivity contribution is -0.345. The molecular formula is C5H12O8P2-2. The lowest BCUT2D eigenvalue weighted by Crippen LogP contribution is -2.23. The Morgan fingerprint density at radius 1 is 1.33 bits per heavy atom. The van der Waals surface area contributed by atoms with Gasteiger partial charge in [-0.1, -0.05) is 6.92 Å². The maximum atomic E-state index is 10.2. The zero-order chi connectivity index (χ0) is 12.1. The molecule has 92 valence electrons. The van der Waals surface area contributed by atoms with Gasteiger partial charge in [0.2, 0.25) is 0 Å². The van der Waals surface area contributed by atoms with E-state index < -0.39 is 21.7 Å². The van der Waals surface area contributed by atoms with Crippen LogP contribution in [0.25, 0.3) is 0 Å². The fourth-order valence-electron chi connectivity index (χ4n) is 0.817. The Hall–Kier alpha value is 0.220. The molecule has 1 unspecified atom stereocenters. The minimum absolute atomic E-state index is 0.0872. The molecule has 0 saturated carbocycles. The summed E-state index contributed by atoms with van der Waals surface area (Å²) < 4.78 is 28.6. The van der Waals surface area contributed by atoms with Gasteiger partial charge in [0.1, 0.15) is 0 Å². The van der Waals surface area contributed by atoms with E-state index in [2.05, 4.69) is 9.05 Å². The second kappa shape index (κ2) is 6.08. The van der Waals surface area contributed by atoms with Gasteiger partial charge in [0.15, 0.2) is 0 Å². The predicted molar refractivity (Wildman–Crippen MR) is 45.4 cm³/mol. The van der Waals surface area contributed by atoms with Crippen molar-refractivity contribution in [3.63, 3.8) is 0 Å². The van der Waals surface area contributed by atoms with Crippen molar-refractivity contribution < 1.29 is 37.8 Å². The Labute approximate surface area is 86.7 Å². The lowest BCUT2D eigenvalue weighted by atomic mass is 10.2. The van der Waals surface area contributed by atoms with Gasteiger partial charge in [-0.3, -0.25) is 4.52 Å². The molecule has 10 heteroatoms. The molecule has 15 heavy (non-hydrogen) atoms. The summed E-state index contributed by atoms with van der Waals surface area (Å²) >= 11 is 0. The van der Waals surface area contributed by atoms with E-state index in [1.165, 1.54) is 0 Å². The molecule has 0 amide bonds. The molecule has 0 aliphatic heterocycles. The molecule has 0 fully saturated rings. The van der Waals surface area contributed by atoms with Gasteiger partial charge in [0.25, 0.3) is 0 Å². The summed E-state index contributed by atoms with van der Waals surface area (Å²) in [5.74, 6) is 0. The second-order valence-corrected chi connectivity index (χ2v) is 5.04. The van der Waals surface area contributed by atoms with Crippen molar-refractivity contribution in [2.45, 2.75) is 25.9 Å². The van der Waals surface area contributed by atoms with Crippen LogP contribution in [0.1, 0.15) is 19.8 Å². The zero-order valence-electron chi connectivity index (χ0n) is 7.94. The monoisotopic (exact) mass is 262 g/mol. The van der Waals surface area contributed by atoms with Crippen molar-refractivity contribution in [2.75, 3.05) is 6.61 Å². The quantitative estimate of drug-likeness (QED) is 0.563. The molecular weight excluding hydrogens is 250 g/mol. The molecule has 0 saturated heterocycles. The second-order valence-electron chi connectivity index (χ2n) is 2.70. The summed E-state index contributed by atoms with van der Waals surface area (Å²) in [5.41, 5.74) is 0. The summed E-state index contributed by atoms with van der Waals surface area (Å²) in [6.45, 7) is 1.18. The Kier molecular flexibility index (Phi) is 6.17. The van der Waals surface area contributed by atoms with Gasteiger partial charge in [-0.25, -0.2) is 4.57 Å². The molecule has 0 heterocycles. The van der Waals surface area contributed by atoms with Gasteiger partial charge in [-0.05, 0) is 12.8 Å². The van der Waals surface area contributed by atoms with Gasteiger partial charge < -0.3 is 28.7 Å². The minimum Gasteiger partial charge on any atom is -0.790 e. The predicted octanol–water partition coefficient (Wildman–Crippen LogP) is -0.890. The molecule has 0 aliphatic carbocycles. The van der Waals surface area contributed by atoms with E-state index in [9.17, 15) is 18.9 Å². The van der Waals surface area contributed by atoms with Crippen molar-refractivity contribution in [3.8, 4) is 0 Å². The van der Waals surface area contributed by atoms with E-state index >= 15 is 0 Å². The van der Waals surface area contributed by atoms with Crippen LogP contribution in [-0.4, -0.2) is 22.5 Å². The first-order valence-corrected chi connectivity index (χ1v) is 7.03. The number of hydrogen-bond acceptors (Lipinski definition) is 6. The van der Waals surface area contributed by atoms with Crippen LogP contribution in [0, 0.1) is 0 Å². The first-order valence-electron chi connectivity index (χ1n) is 4.04. The SMILES string of the molecule is CCC(CCOP(=O)(O)O)OP(=O)([O-])[O-]. The Balaban J connectivity index is 3.92. The molecule has 0 aromatic rings. The third kappa shape index (κ3) is 10.5. The van der Waals surface area contributed by atoms with Crippen LogP contribution in [0.15, 0.2) is 0 Å². The van der Waals surface area contributed by atoms with Crippen molar-refractivity contribution >= 4 is 15.6 Å². The molecule has 0 bridgehead atoms. The van der Waals surface area contributed by atoms with Gasteiger partial charge in [-0.2, -0.15) is 0 Å². The van der Waals surface area contributed by atoms with E-state index in [4.69, 9.17) is 9.79 Å². The Morgan fingerprint density at radius 2 is 1.87 bits per heavy atom. The van der Waals surface area contributed by atoms with Crippen LogP contribution in [0.2, 0.25) is 0 Å². The molecule has 0 aromatic carbocycles. The summed E-state index contributed by atoms with van der Waals surface area (Å²) in [5, 5.41) is 0. The van der Waals surface area contributed by atoms with E-state index in [1.807, 2.05) is 0 Å². The number of phosphoric ester groups is 2. The average molecular weight is 262 g/mol. The van der Waals surface area contributed by atoms with Crippen LogP contribution in [0.4, 0.5) is 0 Å². The molecule has 0 rings (SSSR count). The van der Waals surface area contributed by atoms with Crippen LogP contribution in [0.5, 0.6) is 0 Å². The van der Waals surface area contributed by atoms with E-state index in [-0.39, 0.29) is 19.4 Å². The van der Waals surface area contributed by atoms with Crippen LogP contribution in [0.3, 0.4) is 0 Å². The van der Waals surface area contributed by atoms with Crippen molar-refractivity contribution in [1.29, 1.82) is 0 Å². The van der Waals surface area contributed by atoms with Gasteiger partial charge in [-0.15, -0.1) is 0 Å². The first-order chi connectivity index (χ1) is 6.64. The largest absolute Gasteiger partial charge is 0.790 e. The van der Waals surface area contributed by atoms with Gasteiger partial charge >= 0.3 is 7.82 Å². The number of hydrogen-bond donors (Lipinski definition) is 2. The molecule has 1 atom stereocenters. The maximum absolute atomic E-state index is 10.2. The first kappa shape index (κ1) is 15.2. The van der Waals surface area contributed by atoms with Crippen molar-refractivity contribution in [3.05, 3.63) is 0 Å². The number of phosphoric acid groups is 2. The van der Waals surface area contributed by atoms with Crippen LogP contribution in [-0.2, 0) is 18.2 Å². The van der Waals surface area contributed by atoms with E-state index in [0.29, 0.717) is 0 Å². The highest BCUT2D eigenvalue weighted by Crippen LogP contribution is 2.36. The third-order valence-corrected chi connectivity index (χ3v) is 2.51. The van der Waals surface area contributed by atoms with Gasteiger partial charge in [0, 0.05) is 0 Å². The number of rotatable bonds is 7. The molecule has 0 radical (unpaired) electrons. The highest BCUT2D eigenvalue weighted by Gasteiger charge is 2.15. The van der Waals surface area contributed by atoms with Gasteiger partial charge in [0.05, 0.1) is 20.5 Å². The molecule has 0 aromatic heterocycles. The molecule has 2 N–H and O–H groups in total. The Morgan fingerprint density at radius 3 is 2.20 bits per heavy atom. The highest BCUT2D eigenvalue weighted by molar-refractivity contribution is 7.46. The molecule has 8 nitrogen and oxygen atoms in total. The topological polar surface area (TPSA) is 139 Å². The maximum Gasteiger partial charge on any atom is 0.469 e. The third-order valence-electron chi connectivity index (χ3n) is 1.43. The molecule has 0 aliphatic rings. The lowest BCUT2D eigenvalue weighted by Gasteiger charge is -2.33. The summed E-state index contributed by atoms with van der Waals surface area (Å²) in [6.07, 6.45) is -0.785. The van der Waals surface area contributed by atoms with Crippen LogP contribution >= 0.6 is 15.6 Å². The van der Waals surface area contributed by atoms with Crippen molar-refractivity contribution in [2.24, 2.45) is 0 Å². The smallest absolute Gasteiger partial charge is 0.469 e. The highest BCUT2D eigenvalue weighted by atomic mass is 31.2.